The maximum Gasteiger partial charge on any atom is 0.306 e. The quantitative estimate of drug-likeness (QED) is 0.869. The Kier molecular flexibility index (Phi) is 3.70. The van der Waals surface area contributed by atoms with Crippen molar-refractivity contribution in [1.82, 2.24) is 4.98 Å². The van der Waals surface area contributed by atoms with Crippen molar-refractivity contribution in [3.8, 4) is 6.07 Å². The number of carboxylic acids is 1. The van der Waals surface area contributed by atoms with Crippen molar-refractivity contribution in [2.45, 2.75) is 39.2 Å². The largest absolute Gasteiger partial charge is 0.481 e. The van der Waals surface area contributed by atoms with Crippen LogP contribution in [0.2, 0.25) is 0 Å². The van der Waals surface area contributed by atoms with Crippen LogP contribution in [-0.2, 0) is 4.79 Å². The van der Waals surface area contributed by atoms with Crippen LogP contribution < -0.4 is 5.32 Å². The summed E-state index contributed by atoms with van der Waals surface area (Å²) in [6, 6.07) is 4.12. The molecule has 5 heteroatoms. The summed E-state index contributed by atoms with van der Waals surface area (Å²) in [4.78, 5) is 15.3. The van der Waals surface area contributed by atoms with Gasteiger partial charge in [0.25, 0.3) is 0 Å². The third-order valence-electron chi connectivity index (χ3n) is 3.58. The second-order valence-corrected chi connectivity index (χ2v) is 5.11. The third kappa shape index (κ3) is 2.84. The molecule has 2 rings (SSSR count). The molecule has 0 saturated heterocycles. The van der Waals surface area contributed by atoms with Crippen molar-refractivity contribution < 1.29 is 9.90 Å². The number of aliphatic carboxylic acids is 1. The Balaban J connectivity index is 2.17. The number of aromatic nitrogens is 1. The van der Waals surface area contributed by atoms with E-state index < -0.39 is 5.97 Å². The van der Waals surface area contributed by atoms with Crippen molar-refractivity contribution in [3.05, 3.63) is 22.9 Å². The lowest BCUT2D eigenvalue weighted by molar-refractivity contribution is -0.141. The van der Waals surface area contributed by atoms with Gasteiger partial charge in [-0.1, -0.05) is 0 Å². The first-order valence-corrected chi connectivity index (χ1v) is 6.39. The highest BCUT2D eigenvalue weighted by molar-refractivity contribution is 5.70. The molecule has 2 unspecified atom stereocenters. The average molecular weight is 259 g/mol. The fourth-order valence-electron chi connectivity index (χ4n) is 2.61. The fourth-order valence-corrected chi connectivity index (χ4v) is 2.61. The SMILES string of the molecule is Cc1cc(C)c(C#N)c(NC2CCC(C(=O)O)C2)n1. The van der Waals surface area contributed by atoms with Crippen molar-refractivity contribution >= 4 is 11.8 Å². The normalized spacial score (nSPS) is 21.9. The molecule has 0 radical (unpaired) electrons. The Hall–Kier alpha value is -2.09. The van der Waals surface area contributed by atoms with Crippen LogP contribution in [0.3, 0.4) is 0 Å². The van der Waals surface area contributed by atoms with Crippen molar-refractivity contribution in [2.75, 3.05) is 5.32 Å². The van der Waals surface area contributed by atoms with E-state index in [4.69, 9.17) is 5.11 Å². The van der Waals surface area contributed by atoms with Gasteiger partial charge in [0.1, 0.15) is 11.9 Å². The van der Waals surface area contributed by atoms with E-state index in [1.165, 1.54) is 0 Å². The van der Waals surface area contributed by atoms with Gasteiger partial charge in [0.05, 0.1) is 11.5 Å². The van der Waals surface area contributed by atoms with E-state index in [2.05, 4.69) is 16.4 Å². The summed E-state index contributed by atoms with van der Waals surface area (Å²) in [5.41, 5.74) is 2.29. The van der Waals surface area contributed by atoms with E-state index in [1.807, 2.05) is 19.9 Å². The maximum atomic E-state index is 10.9. The van der Waals surface area contributed by atoms with Crippen LogP contribution in [0.15, 0.2) is 6.07 Å². The molecule has 2 N–H and O–H groups in total. The smallest absolute Gasteiger partial charge is 0.306 e. The Labute approximate surface area is 112 Å². The Bertz CT molecular complexity index is 548. The van der Waals surface area contributed by atoms with Crippen LogP contribution in [-0.4, -0.2) is 22.1 Å². The first-order valence-electron chi connectivity index (χ1n) is 6.39. The van der Waals surface area contributed by atoms with Gasteiger partial charge in [0.15, 0.2) is 0 Å². The van der Waals surface area contributed by atoms with E-state index in [9.17, 15) is 10.1 Å². The minimum atomic E-state index is -0.738. The first-order chi connectivity index (χ1) is 9.01. The Morgan fingerprint density at radius 3 is 2.84 bits per heavy atom. The number of hydrogen-bond donors (Lipinski definition) is 2. The van der Waals surface area contributed by atoms with E-state index in [1.54, 1.807) is 0 Å². The molecular formula is C14H17N3O2. The number of aryl methyl sites for hydroxylation is 2. The molecule has 1 aromatic rings. The fraction of sp³-hybridized carbons (Fsp3) is 0.500. The van der Waals surface area contributed by atoms with Gasteiger partial charge in [-0.25, -0.2) is 4.98 Å². The molecule has 0 aromatic carbocycles. The minimum Gasteiger partial charge on any atom is -0.481 e. The summed E-state index contributed by atoms with van der Waals surface area (Å²) in [5, 5.41) is 21.4. The molecule has 0 aliphatic heterocycles. The Morgan fingerprint density at radius 2 is 2.26 bits per heavy atom. The molecule has 1 aromatic heterocycles. The molecule has 0 bridgehead atoms. The number of rotatable bonds is 3. The average Bonchev–Trinajstić information content (AvgIpc) is 2.77. The van der Waals surface area contributed by atoms with Gasteiger partial charge in [-0.2, -0.15) is 5.26 Å². The van der Waals surface area contributed by atoms with Gasteiger partial charge in [0, 0.05) is 11.7 Å². The van der Waals surface area contributed by atoms with Crippen molar-refractivity contribution in [1.29, 1.82) is 5.26 Å². The molecule has 100 valence electrons. The molecular weight excluding hydrogens is 242 g/mol. The molecule has 0 spiro atoms. The first kappa shape index (κ1) is 13.3. The highest BCUT2D eigenvalue weighted by Crippen LogP contribution is 2.29. The highest BCUT2D eigenvalue weighted by atomic mass is 16.4. The standard InChI is InChI=1S/C14H17N3O2/c1-8-5-9(2)16-13(12(8)7-15)17-11-4-3-10(6-11)14(18)19/h5,10-11H,3-4,6H2,1-2H3,(H,16,17)(H,18,19). The number of nitriles is 1. The van der Waals surface area contributed by atoms with Gasteiger partial charge in [-0.15, -0.1) is 0 Å². The van der Waals surface area contributed by atoms with Crippen LogP contribution in [0.1, 0.15) is 36.1 Å². The number of pyridine rings is 1. The zero-order chi connectivity index (χ0) is 14.0. The highest BCUT2D eigenvalue weighted by Gasteiger charge is 2.30. The van der Waals surface area contributed by atoms with E-state index in [0.29, 0.717) is 24.2 Å². The third-order valence-corrected chi connectivity index (χ3v) is 3.58. The zero-order valence-corrected chi connectivity index (χ0v) is 11.1. The predicted molar refractivity (Wildman–Crippen MR) is 70.8 cm³/mol. The van der Waals surface area contributed by atoms with Crippen LogP contribution >= 0.6 is 0 Å². The summed E-state index contributed by atoms with van der Waals surface area (Å²) >= 11 is 0. The van der Waals surface area contributed by atoms with Crippen LogP contribution in [0.5, 0.6) is 0 Å². The number of hydrogen-bond acceptors (Lipinski definition) is 4. The minimum absolute atomic E-state index is 0.0851. The van der Waals surface area contributed by atoms with Gasteiger partial charge in [-0.05, 0) is 44.7 Å². The Morgan fingerprint density at radius 1 is 1.53 bits per heavy atom. The molecule has 1 aliphatic rings. The second kappa shape index (κ2) is 5.27. The number of carboxylic acid groups (broad SMARTS) is 1. The van der Waals surface area contributed by atoms with Gasteiger partial charge in [-0.3, -0.25) is 4.79 Å². The van der Waals surface area contributed by atoms with Crippen LogP contribution in [0.25, 0.3) is 0 Å². The molecule has 5 nitrogen and oxygen atoms in total. The summed E-state index contributed by atoms with van der Waals surface area (Å²) < 4.78 is 0. The van der Waals surface area contributed by atoms with Gasteiger partial charge in [0.2, 0.25) is 0 Å². The number of anilines is 1. The molecule has 1 heterocycles. The molecule has 0 amide bonds. The topological polar surface area (TPSA) is 86.0 Å². The molecule has 2 atom stereocenters. The summed E-state index contributed by atoms with van der Waals surface area (Å²) in [6.45, 7) is 3.77. The van der Waals surface area contributed by atoms with Crippen molar-refractivity contribution in [2.24, 2.45) is 5.92 Å². The van der Waals surface area contributed by atoms with Crippen molar-refractivity contribution in [3.63, 3.8) is 0 Å². The maximum absolute atomic E-state index is 10.9. The molecule has 1 fully saturated rings. The lowest BCUT2D eigenvalue weighted by atomic mass is 10.1. The predicted octanol–water partition coefficient (Wildman–Crippen LogP) is 2.24. The van der Waals surface area contributed by atoms with E-state index in [-0.39, 0.29) is 12.0 Å². The lowest BCUT2D eigenvalue weighted by Crippen LogP contribution is -2.19. The zero-order valence-electron chi connectivity index (χ0n) is 11.1. The monoisotopic (exact) mass is 259 g/mol. The number of nitrogens with zero attached hydrogens (tertiary/aromatic N) is 2. The summed E-state index contributed by atoms with van der Waals surface area (Å²) in [5.74, 6) is -0.442. The van der Waals surface area contributed by atoms with E-state index in [0.717, 1.165) is 17.7 Å². The lowest BCUT2D eigenvalue weighted by Gasteiger charge is -2.15. The number of carbonyl (C=O) groups is 1. The van der Waals surface area contributed by atoms with E-state index >= 15 is 0 Å². The second-order valence-electron chi connectivity index (χ2n) is 5.11. The van der Waals surface area contributed by atoms with Crippen LogP contribution in [0.4, 0.5) is 5.82 Å². The molecule has 19 heavy (non-hydrogen) atoms. The molecule has 1 aliphatic carbocycles. The molecule has 1 saturated carbocycles. The van der Waals surface area contributed by atoms with Crippen LogP contribution in [0, 0.1) is 31.1 Å². The van der Waals surface area contributed by atoms with Gasteiger partial charge < -0.3 is 10.4 Å². The summed E-state index contributed by atoms with van der Waals surface area (Å²) in [6.07, 6.45) is 2.07. The number of nitrogens with one attached hydrogen (secondary N) is 1. The summed E-state index contributed by atoms with van der Waals surface area (Å²) in [7, 11) is 0. The van der Waals surface area contributed by atoms with Gasteiger partial charge >= 0.3 is 5.97 Å².